The second-order valence-electron chi connectivity index (χ2n) is 3.58. The number of aromatic amines is 1. The van der Waals surface area contributed by atoms with Gasteiger partial charge in [0, 0.05) is 6.07 Å². The third-order valence-electron chi connectivity index (χ3n) is 2.45. The fourth-order valence-corrected chi connectivity index (χ4v) is 1.49. The Labute approximate surface area is 108 Å². The van der Waals surface area contributed by atoms with Gasteiger partial charge < -0.3 is 20.5 Å². The minimum absolute atomic E-state index is 0.0258. The van der Waals surface area contributed by atoms with Crippen molar-refractivity contribution in [1.29, 1.82) is 0 Å². The number of hydrogen-bond acceptors (Lipinski definition) is 6. The molecule has 8 heteroatoms. The van der Waals surface area contributed by atoms with E-state index in [1.807, 2.05) is 0 Å². The van der Waals surface area contributed by atoms with Gasteiger partial charge in [0.15, 0.2) is 11.5 Å². The molecule has 0 spiro atoms. The summed E-state index contributed by atoms with van der Waals surface area (Å²) in [6.45, 7) is 0. The van der Waals surface area contributed by atoms with E-state index in [4.69, 9.17) is 15.2 Å². The molecule has 0 saturated heterocycles. The molecule has 0 aliphatic heterocycles. The molecular weight excluding hydrogens is 250 g/mol. The lowest BCUT2D eigenvalue weighted by atomic mass is 10.2. The van der Waals surface area contributed by atoms with Gasteiger partial charge in [-0.3, -0.25) is 4.79 Å². The van der Waals surface area contributed by atoms with E-state index in [1.54, 1.807) is 25.3 Å². The van der Waals surface area contributed by atoms with Crippen molar-refractivity contribution in [3.63, 3.8) is 0 Å². The molecule has 0 aliphatic rings. The summed E-state index contributed by atoms with van der Waals surface area (Å²) in [4.78, 5) is 11.9. The summed E-state index contributed by atoms with van der Waals surface area (Å²) in [5, 5.41) is 12.1. The molecule has 0 bridgehead atoms. The second kappa shape index (κ2) is 5.25. The Bertz CT molecular complexity index is 596. The van der Waals surface area contributed by atoms with Crippen LogP contribution >= 0.6 is 0 Å². The van der Waals surface area contributed by atoms with Gasteiger partial charge in [0.05, 0.1) is 19.9 Å². The summed E-state index contributed by atoms with van der Waals surface area (Å²) in [6.07, 6.45) is 0. The number of hydrogen-bond donors (Lipinski definition) is 3. The molecule has 1 aromatic carbocycles. The molecule has 1 heterocycles. The van der Waals surface area contributed by atoms with Crippen LogP contribution in [0.2, 0.25) is 0 Å². The van der Waals surface area contributed by atoms with Crippen LogP contribution in [0.25, 0.3) is 0 Å². The Morgan fingerprint density at radius 1 is 1.32 bits per heavy atom. The third kappa shape index (κ3) is 2.57. The Morgan fingerprint density at radius 3 is 2.68 bits per heavy atom. The zero-order valence-corrected chi connectivity index (χ0v) is 10.4. The molecule has 19 heavy (non-hydrogen) atoms. The molecule has 2 rings (SSSR count). The number of H-pyrrole nitrogens is 1. The van der Waals surface area contributed by atoms with Crippen LogP contribution in [0.3, 0.4) is 0 Å². The summed E-state index contributed by atoms with van der Waals surface area (Å²) < 4.78 is 10.2. The van der Waals surface area contributed by atoms with Gasteiger partial charge in [-0.05, 0) is 12.1 Å². The zero-order chi connectivity index (χ0) is 13.8. The van der Waals surface area contributed by atoms with Gasteiger partial charge in [-0.15, -0.1) is 10.2 Å². The molecule has 4 N–H and O–H groups in total. The molecule has 2 aromatic rings. The van der Waals surface area contributed by atoms with Gasteiger partial charge in [-0.1, -0.05) is 0 Å². The molecule has 0 aliphatic carbocycles. The largest absolute Gasteiger partial charge is 0.497 e. The van der Waals surface area contributed by atoms with Crippen molar-refractivity contribution in [2.45, 2.75) is 0 Å². The highest BCUT2D eigenvalue weighted by atomic mass is 16.5. The Hall–Kier alpha value is -2.77. The maximum atomic E-state index is 11.9. The van der Waals surface area contributed by atoms with E-state index >= 15 is 0 Å². The smallest absolute Gasteiger partial charge is 0.280 e. The average molecular weight is 263 g/mol. The first-order chi connectivity index (χ1) is 9.15. The highest BCUT2D eigenvalue weighted by Gasteiger charge is 2.16. The summed E-state index contributed by atoms with van der Waals surface area (Å²) >= 11 is 0. The normalized spacial score (nSPS) is 10.0. The van der Waals surface area contributed by atoms with Crippen molar-refractivity contribution in [3.05, 3.63) is 23.9 Å². The summed E-state index contributed by atoms with van der Waals surface area (Å²) in [6, 6.07) is 5.01. The SMILES string of the molecule is COc1ccc(NC(=O)c2n[nH]nc2N)c(OC)c1. The minimum atomic E-state index is -0.477. The number of amides is 1. The van der Waals surface area contributed by atoms with E-state index in [9.17, 15) is 4.79 Å². The number of nitrogens with one attached hydrogen (secondary N) is 2. The molecule has 0 saturated carbocycles. The number of rotatable bonds is 4. The monoisotopic (exact) mass is 263 g/mol. The lowest BCUT2D eigenvalue weighted by Gasteiger charge is -2.10. The van der Waals surface area contributed by atoms with E-state index in [0.717, 1.165) is 0 Å². The first kappa shape index (κ1) is 12.7. The van der Waals surface area contributed by atoms with Gasteiger partial charge in [0.25, 0.3) is 5.91 Å². The number of nitrogens with two attached hydrogens (primary N) is 1. The molecular formula is C11H13N5O3. The van der Waals surface area contributed by atoms with Gasteiger partial charge in [-0.25, -0.2) is 0 Å². The van der Waals surface area contributed by atoms with Crippen LogP contribution in [-0.4, -0.2) is 35.5 Å². The predicted octanol–water partition coefficient (Wildman–Crippen LogP) is 0.656. The molecule has 0 radical (unpaired) electrons. The van der Waals surface area contributed by atoms with Crippen LogP contribution in [-0.2, 0) is 0 Å². The quantitative estimate of drug-likeness (QED) is 0.746. The van der Waals surface area contributed by atoms with Gasteiger partial charge in [0.2, 0.25) is 0 Å². The summed E-state index contributed by atoms with van der Waals surface area (Å²) in [5.74, 6) is 0.644. The number of methoxy groups -OCH3 is 2. The standard InChI is InChI=1S/C11H13N5O3/c1-18-6-3-4-7(8(5-6)19-2)13-11(17)9-10(12)15-16-14-9/h3-5H,1-2H3,(H,13,17)(H3,12,14,15,16). The van der Waals surface area contributed by atoms with Gasteiger partial charge >= 0.3 is 0 Å². The van der Waals surface area contributed by atoms with E-state index < -0.39 is 5.91 Å². The molecule has 100 valence electrons. The minimum Gasteiger partial charge on any atom is -0.497 e. The van der Waals surface area contributed by atoms with Crippen molar-refractivity contribution in [2.24, 2.45) is 0 Å². The van der Waals surface area contributed by atoms with Crippen molar-refractivity contribution >= 4 is 17.4 Å². The van der Waals surface area contributed by atoms with Crippen LogP contribution in [0.5, 0.6) is 11.5 Å². The van der Waals surface area contributed by atoms with Gasteiger partial charge in [0.1, 0.15) is 11.5 Å². The van der Waals surface area contributed by atoms with Crippen molar-refractivity contribution in [3.8, 4) is 11.5 Å². The van der Waals surface area contributed by atoms with E-state index in [0.29, 0.717) is 17.2 Å². The Morgan fingerprint density at radius 2 is 2.11 bits per heavy atom. The van der Waals surface area contributed by atoms with E-state index in [-0.39, 0.29) is 11.5 Å². The van der Waals surface area contributed by atoms with Crippen molar-refractivity contribution < 1.29 is 14.3 Å². The van der Waals surface area contributed by atoms with E-state index in [2.05, 4.69) is 20.7 Å². The summed E-state index contributed by atoms with van der Waals surface area (Å²) in [5.41, 5.74) is 6.00. The third-order valence-corrected chi connectivity index (χ3v) is 2.45. The first-order valence-electron chi connectivity index (χ1n) is 5.35. The lowest BCUT2D eigenvalue weighted by molar-refractivity contribution is 0.102. The number of aromatic nitrogens is 3. The van der Waals surface area contributed by atoms with Crippen molar-refractivity contribution in [1.82, 2.24) is 15.4 Å². The molecule has 0 atom stereocenters. The number of anilines is 2. The Balaban J connectivity index is 2.24. The summed E-state index contributed by atoms with van der Waals surface area (Å²) in [7, 11) is 3.04. The van der Waals surface area contributed by atoms with Crippen LogP contribution in [0.1, 0.15) is 10.5 Å². The number of benzene rings is 1. The molecule has 8 nitrogen and oxygen atoms in total. The highest BCUT2D eigenvalue weighted by molar-refractivity contribution is 6.06. The van der Waals surface area contributed by atoms with E-state index in [1.165, 1.54) is 7.11 Å². The molecule has 0 fully saturated rings. The topological polar surface area (TPSA) is 115 Å². The molecule has 1 amide bonds. The van der Waals surface area contributed by atoms with Gasteiger partial charge in [-0.2, -0.15) is 5.21 Å². The number of carbonyl (C=O) groups excluding carboxylic acids is 1. The number of ether oxygens (including phenoxy) is 2. The van der Waals surface area contributed by atoms with Crippen LogP contribution in [0.4, 0.5) is 11.5 Å². The average Bonchev–Trinajstić information content (AvgIpc) is 2.85. The van der Waals surface area contributed by atoms with Crippen LogP contribution in [0, 0.1) is 0 Å². The molecule has 1 aromatic heterocycles. The second-order valence-corrected chi connectivity index (χ2v) is 3.58. The lowest BCUT2D eigenvalue weighted by Crippen LogP contribution is -2.15. The fraction of sp³-hybridized carbons (Fsp3) is 0.182. The number of nitrogen functional groups attached to an aromatic ring is 1. The fourth-order valence-electron chi connectivity index (χ4n) is 1.49. The highest BCUT2D eigenvalue weighted by Crippen LogP contribution is 2.29. The zero-order valence-electron chi connectivity index (χ0n) is 10.4. The maximum absolute atomic E-state index is 11.9. The maximum Gasteiger partial charge on any atom is 0.280 e. The predicted molar refractivity (Wildman–Crippen MR) is 68.3 cm³/mol. The van der Waals surface area contributed by atoms with Crippen LogP contribution in [0.15, 0.2) is 18.2 Å². The Kier molecular flexibility index (Phi) is 3.51. The number of carbonyl (C=O) groups is 1. The first-order valence-corrected chi connectivity index (χ1v) is 5.35. The number of nitrogens with zero attached hydrogens (tertiary/aromatic N) is 2. The molecule has 0 unspecified atom stereocenters. The van der Waals surface area contributed by atoms with Crippen LogP contribution < -0.4 is 20.5 Å². The van der Waals surface area contributed by atoms with Crippen molar-refractivity contribution in [2.75, 3.05) is 25.3 Å².